The number of hydrogen-bond acceptors (Lipinski definition) is 5. The third kappa shape index (κ3) is 7.53. The third-order valence-corrected chi connectivity index (χ3v) is 6.67. The highest BCUT2D eigenvalue weighted by Gasteiger charge is 2.33. The minimum atomic E-state index is -1.46. The van der Waals surface area contributed by atoms with Gasteiger partial charge in [0.15, 0.2) is 11.6 Å². The van der Waals surface area contributed by atoms with Gasteiger partial charge in [0.1, 0.15) is 11.9 Å². The molecule has 2 aromatic rings. The first-order valence-corrected chi connectivity index (χ1v) is 13.4. The molecule has 2 N–H and O–H groups in total. The van der Waals surface area contributed by atoms with Gasteiger partial charge in [-0.1, -0.05) is 12.2 Å². The van der Waals surface area contributed by atoms with Crippen molar-refractivity contribution in [3.63, 3.8) is 0 Å². The number of carbonyl (C=O) groups is 2. The lowest BCUT2D eigenvalue weighted by Crippen LogP contribution is -2.38. The number of halogens is 3. The lowest BCUT2D eigenvalue weighted by atomic mass is 9.90. The van der Waals surface area contributed by atoms with Gasteiger partial charge in [-0.05, 0) is 80.3 Å². The zero-order valence-corrected chi connectivity index (χ0v) is 22.9. The topological polar surface area (TPSA) is 84.9 Å². The van der Waals surface area contributed by atoms with E-state index in [9.17, 15) is 19.1 Å². The molecule has 0 heterocycles. The van der Waals surface area contributed by atoms with Crippen molar-refractivity contribution in [1.82, 2.24) is 5.32 Å². The fraction of sp³-hybridized carbons (Fsp3) is 0.419. The number of carbonyl (C=O) groups excluding carboxylic acids is 2. The van der Waals surface area contributed by atoms with Crippen LogP contribution >= 0.6 is 0 Å². The first kappa shape index (κ1) is 30.9. The molecule has 0 spiro atoms. The van der Waals surface area contributed by atoms with E-state index in [1.165, 1.54) is 12.1 Å². The number of aliphatic hydroxyl groups is 1. The average Bonchev–Trinajstić information content (AvgIpc) is 3.75. The second-order valence-corrected chi connectivity index (χ2v) is 9.83. The predicted molar refractivity (Wildman–Crippen MR) is 146 cm³/mol. The average molecular weight is 560 g/mol. The smallest absolute Gasteiger partial charge is 0.308 e. The maximum atomic E-state index is 16.0. The van der Waals surface area contributed by atoms with Crippen LogP contribution in [0.25, 0.3) is 11.1 Å². The minimum absolute atomic E-state index is 0.0339. The fourth-order valence-corrected chi connectivity index (χ4v) is 4.54. The van der Waals surface area contributed by atoms with Crippen molar-refractivity contribution >= 4 is 11.9 Å². The Kier molecular flexibility index (Phi) is 11.0. The molecule has 0 bridgehead atoms. The van der Waals surface area contributed by atoms with E-state index in [-0.39, 0.29) is 42.4 Å². The van der Waals surface area contributed by atoms with E-state index in [4.69, 9.17) is 9.47 Å². The van der Waals surface area contributed by atoms with Gasteiger partial charge in [0.2, 0.25) is 11.7 Å². The number of esters is 1. The molecule has 3 rings (SSSR count). The summed E-state index contributed by atoms with van der Waals surface area (Å²) >= 11 is 0. The van der Waals surface area contributed by atoms with E-state index in [1.54, 1.807) is 26.0 Å². The van der Waals surface area contributed by atoms with E-state index < -0.39 is 47.9 Å². The van der Waals surface area contributed by atoms with Gasteiger partial charge in [0.25, 0.3) is 0 Å². The Morgan fingerprint density at radius 1 is 1.15 bits per heavy atom. The van der Waals surface area contributed by atoms with Crippen LogP contribution in [0.3, 0.4) is 0 Å². The first-order valence-electron chi connectivity index (χ1n) is 13.4. The Hall–Kier alpha value is -3.59. The predicted octanol–water partition coefficient (Wildman–Crippen LogP) is 6.35. The zero-order valence-electron chi connectivity index (χ0n) is 22.9. The van der Waals surface area contributed by atoms with Crippen molar-refractivity contribution in [3.8, 4) is 16.9 Å². The van der Waals surface area contributed by atoms with Crippen molar-refractivity contribution < 1.29 is 37.3 Å². The summed E-state index contributed by atoms with van der Waals surface area (Å²) in [5.41, 5.74) is 1.26. The Bertz CT molecular complexity index is 1260. The summed E-state index contributed by atoms with van der Waals surface area (Å²) < 4.78 is 56.3. The summed E-state index contributed by atoms with van der Waals surface area (Å²) in [5, 5.41) is 12.7. The number of aryl methyl sites for hydroxylation is 1. The van der Waals surface area contributed by atoms with Crippen molar-refractivity contribution in [2.75, 3.05) is 13.2 Å². The van der Waals surface area contributed by atoms with Gasteiger partial charge in [-0.2, -0.15) is 4.39 Å². The summed E-state index contributed by atoms with van der Waals surface area (Å²) in [7, 11) is 0. The molecule has 1 aliphatic carbocycles. The molecule has 1 fully saturated rings. The van der Waals surface area contributed by atoms with Crippen LogP contribution in [-0.2, 0) is 14.3 Å². The van der Waals surface area contributed by atoms with Gasteiger partial charge in [0.05, 0.1) is 25.7 Å². The zero-order chi connectivity index (χ0) is 29.4. The summed E-state index contributed by atoms with van der Waals surface area (Å²) in [5.74, 6) is -4.76. The van der Waals surface area contributed by atoms with E-state index in [1.807, 2.05) is 0 Å². The van der Waals surface area contributed by atoms with Gasteiger partial charge in [-0.3, -0.25) is 9.59 Å². The molecule has 2 atom stereocenters. The van der Waals surface area contributed by atoms with Crippen LogP contribution in [0.5, 0.6) is 5.75 Å². The van der Waals surface area contributed by atoms with Gasteiger partial charge < -0.3 is 19.9 Å². The molecule has 6 nitrogen and oxygen atoms in total. The number of hydrogen-bond donors (Lipinski definition) is 2. The van der Waals surface area contributed by atoms with Gasteiger partial charge in [-0.15, -0.1) is 13.2 Å². The largest absolute Gasteiger partial charge is 0.490 e. The van der Waals surface area contributed by atoms with Crippen LogP contribution in [0.2, 0.25) is 0 Å². The summed E-state index contributed by atoms with van der Waals surface area (Å²) in [6.07, 6.45) is 3.74. The Labute approximate surface area is 232 Å². The Morgan fingerprint density at radius 2 is 1.88 bits per heavy atom. The van der Waals surface area contributed by atoms with Crippen LogP contribution in [0.4, 0.5) is 13.2 Å². The number of nitrogens with one attached hydrogen (secondary N) is 1. The molecule has 0 unspecified atom stereocenters. The van der Waals surface area contributed by atoms with E-state index in [0.29, 0.717) is 29.5 Å². The van der Waals surface area contributed by atoms with Gasteiger partial charge >= 0.3 is 5.97 Å². The molecule has 0 saturated heterocycles. The normalized spacial score (nSPS) is 14.2. The molecule has 1 saturated carbocycles. The van der Waals surface area contributed by atoms with Crippen LogP contribution < -0.4 is 10.1 Å². The summed E-state index contributed by atoms with van der Waals surface area (Å²) in [4.78, 5) is 25.2. The second kappa shape index (κ2) is 14.2. The Morgan fingerprint density at radius 3 is 2.50 bits per heavy atom. The van der Waals surface area contributed by atoms with Gasteiger partial charge in [-0.25, -0.2) is 8.78 Å². The highest BCUT2D eigenvalue weighted by atomic mass is 19.2. The molecule has 1 aliphatic rings. The van der Waals surface area contributed by atoms with Crippen LogP contribution in [-0.4, -0.2) is 36.3 Å². The monoisotopic (exact) mass is 559 g/mol. The number of aliphatic hydroxyl groups excluding tert-OH is 1. The number of unbranched alkanes of at least 4 members (excludes halogenated alkanes) is 1. The quantitative estimate of drug-likeness (QED) is 0.151. The van der Waals surface area contributed by atoms with Crippen molar-refractivity contribution in [1.29, 1.82) is 0 Å². The number of allylic oxidation sites excluding steroid dienone is 1. The molecule has 0 radical (unpaired) electrons. The van der Waals surface area contributed by atoms with Crippen LogP contribution in [0.1, 0.15) is 74.1 Å². The lowest BCUT2D eigenvalue weighted by molar-refractivity contribution is -0.144. The number of benzene rings is 2. The highest BCUT2D eigenvalue weighted by Crippen LogP contribution is 2.46. The SMILES string of the molecule is C=CCCCOc1c(F)c(F)cc(C)c1-c1cc(C2CC2)c(F)c([C@H](CC(=O)OCC)NC(=O)[C@H](O)CC=C)c1. The van der Waals surface area contributed by atoms with Crippen LogP contribution in [0.15, 0.2) is 43.5 Å². The molecule has 0 aromatic heterocycles. The second-order valence-electron chi connectivity index (χ2n) is 9.83. The standard InChI is InChI=1S/C31H36F3NO5/c1-5-8-9-13-40-30-27(18(4)14-23(32)29(30)34)20-15-21(19-11-12-19)28(33)22(16-20)24(17-26(37)39-7-3)35-31(38)25(36)10-6-2/h5-6,14-16,19,24-25,36H,1-2,7-13,17H2,3-4H3,(H,35,38)/t24-,25+/m0/s1. The summed E-state index contributed by atoms with van der Waals surface area (Å²) in [6.45, 7) is 10.5. The van der Waals surface area contributed by atoms with Crippen molar-refractivity contribution in [2.24, 2.45) is 0 Å². The molecule has 40 heavy (non-hydrogen) atoms. The van der Waals surface area contributed by atoms with Gasteiger partial charge in [0, 0.05) is 17.5 Å². The number of amides is 1. The fourth-order valence-electron chi connectivity index (χ4n) is 4.54. The molecule has 216 valence electrons. The maximum absolute atomic E-state index is 16.0. The third-order valence-electron chi connectivity index (χ3n) is 6.67. The minimum Gasteiger partial charge on any atom is -0.490 e. The lowest BCUT2D eigenvalue weighted by Gasteiger charge is -2.24. The van der Waals surface area contributed by atoms with E-state index in [2.05, 4.69) is 18.5 Å². The van der Waals surface area contributed by atoms with E-state index in [0.717, 1.165) is 18.9 Å². The molecule has 9 heteroatoms. The molecule has 2 aromatic carbocycles. The van der Waals surface area contributed by atoms with Crippen molar-refractivity contribution in [3.05, 3.63) is 77.7 Å². The number of rotatable bonds is 15. The molecule has 0 aliphatic heterocycles. The maximum Gasteiger partial charge on any atom is 0.308 e. The van der Waals surface area contributed by atoms with E-state index >= 15 is 8.78 Å². The van der Waals surface area contributed by atoms with Crippen molar-refractivity contribution in [2.45, 2.75) is 70.4 Å². The molecular formula is C31H36F3NO5. The highest BCUT2D eigenvalue weighted by molar-refractivity contribution is 5.82. The Balaban J connectivity index is 2.17. The summed E-state index contributed by atoms with van der Waals surface area (Å²) in [6, 6.07) is 2.83. The number of ether oxygens (including phenoxy) is 2. The molecule has 1 amide bonds. The first-order chi connectivity index (χ1) is 19.1. The molecular weight excluding hydrogens is 523 g/mol. The van der Waals surface area contributed by atoms with Crippen LogP contribution in [0, 0.1) is 24.4 Å².